The van der Waals surface area contributed by atoms with E-state index in [1.165, 1.54) is 7.11 Å². The molecule has 0 spiro atoms. The molecule has 1 aliphatic rings. The molecule has 0 saturated carbocycles. The average Bonchev–Trinajstić information content (AvgIpc) is 2.44. The van der Waals surface area contributed by atoms with E-state index in [1.807, 2.05) is 6.07 Å². The molecule has 1 aliphatic heterocycles. The number of ether oxygens (including phenoxy) is 1. The lowest BCUT2D eigenvalue weighted by molar-refractivity contribution is 0.0245. The van der Waals surface area contributed by atoms with Crippen molar-refractivity contribution in [3.05, 3.63) is 29.6 Å². The number of halogens is 1. The molecule has 1 unspecified atom stereocenters. The lowest BCUT2D eigenvalue weighted by Crippen LogP contribution is -2.66. The second-order valence-electron chi connectivity index (χ2n) is 6.91. The molecule has 21 heavy (non-hydrogen) atoms. The fraction of sp³-hybridized carbons (Fsp3) is 0.647. The van der Waals surface area contributed by atoms with Crippen molar-refractivity contribution >= 4 is 0 Å². The van der Waals surface area contributed by atoms with Gasteiger partial charge in [0.25, 0.3) is 0 Å². The van der Waals surface area contributed by atoms with Crippen LogP contribution in [0.5, 0.6) is 5.75 Å². The van der Waals surface area contributed by atoms with Crippen molar-refractivity contribution in [1.29, 1.82) is 0 Å². The van der Waals surface area contributed by atoms with Crippen molar-refractivity contribution in [2.24, 2.45) is 0 Å². The van der Waals surface area contributed by atoms with Crippen LogP contribution >= 0.6 is 0 Å². The van der Waals surface area contributed by atoms with Gasteiger partial charge in [-0.15, -0.1) is 0 Å². The molecule has 0 amide bonds. The third-order valence-corrected chi connectivity index (χ3v) is 4.71. The minimum absolute atomic E-state index is 0.0606. The maximum Gasteiger partial charge on any atom is 0.165 e. The quantitative estimate of drug-likeness (QED) is 0.923. The first-order valence-electron chi connectivity index (χ1n) is 7.62. The highest BCUT2D eigenvalue weighted by Crippen LogP contribution is 2.28. The van der Waals surface area contributed by atoms with E-state index in [4.69, 9.17) is 4.74 Å². The summed E-state index contributed by atoms with van der Waals surface area (Å²) in [6.07, 6.45) is 1.08. The fourth-order valence-corrected chi connectivity index (χ4v) is 2.77. The van der Waals surface area contributed by atoms with Crippen LogP contribution in [-0.2, 0) is 6.54 Å². The van der Waals surface area contributed by atoms with E-state index in [1.54, 1.807) is 12.1 Å². The Hall–Kier alpha value is -1.13. The second-order valence-corrected chi connectivity index (χ2v) is 6.91. The molecular weight excluding hydrogens is 267 g/mol. The molecule has 0 aromatic heterocycles. The van der Waals surface area contributed by atoms with E-state index in [2.05, 4.69) is 37.9 Å². The SMILES string of the molecule is CCC1(C)CN(Cc2ccc(OC)c(F)c2)C(C)(C)CN1. The second kappa shape index (κ2) is 5.93. The minimum atomic E-state index is -0.291. The first-order valence-corrected chi connectivity index (χ1v) is 7.62. The topological polar surface area (TPSA) is 24.5 Å². The maximum absolute atomic E-state index is 13.9. The zero-order valence-corrected chi connectivity index (χ0v) is 13.8. The Balaban J connectivity index is 2.17. The smallest absolute Gasteiger partial charge is 0.165 e. The van der Waals surface area contributed by atoms with E-state index in [9.17, 15) is 4.39 Å². The molecule has 4 heteroatoms. The summed E-state index contributed by atoms with van der Waals surface area (Å²) >= 11 is 0. The van der Waals surface area contributed by atoms with Gasteiger partial charge in [0.05, 0.1) is 7.11 Å². The molecule has 1 N–H and O–H groups in total. The predicted molar refractivity (Wildman–Crippen MR) is 84.1 cm³/mol. The summed E-state index contributed by atoms with van der Waals surface area (Å²) < 4.78 is 18.8. The Kier molecular flexibility index (Phi) is 4.59. The number of piperazine rings is 1. The minimum Gasteiger partial charge on any atom is -0.494 e. The fourth-order valence-electron chi connectivity index (χ4n) is 2.77. The van der Waals surface area contributed by atoms with Gasteiger partial charge in [-0.2, -0.15) is 0 Å². The highest BCUT2D eigenvalue weighted by atomic mass is 19.1. The van der Waals surface area contributed by atoms with Gasteiger partial charge < -0.3 is 10.1 Å². The van der Waals surface area contributed by atoms with Gasteiger partial charge in [-0.1, -0.05) is 13.0 Å². The summed E-state index contributed by atoms with van der Waals surface area (Å²) in [6, 6.07) is 5.24. The van der Waals surface area contributed by atoms with Crippen LogP contribution < -0.4 is 10.1 Å². The van der Waals surface area contributed by atoms with Gasteiger partial charge in [0.2, 0.25) is 0 Å². The van der Waals surface area contributed by atoms with Crippen molar-refractivity contribution < 1.29 is 9.13 Å². The van der Waals surface area contributed by atoms with Crippen LogP contribution in [0, 0.1) is 5.82 Å². The zero-order chi connectivity index (χ0) is 15.7. The third kappa shape index (κ3) is 3.55. The van der Waals surface area contributed by atoms with Crippen molar-refractivity contribution in [1.82, 2.24) is 10.2 Å². The van der Waals surface area contributed by atoms with Gasteiger partial charge in [-0.05, 0) is 44.9 Å². The van der Waals surface area contributed by atoms with Gasteiger partial charge >= 0.3 is 0 Å². The maximum atomic E-state index is 13.9. The Morgan fingerprint density at radius 1 is 1.33 bits per heavy atom. The molecule has 118 valence electrons. The summed E-state index contributed by atoms with van der Waals surface area (Å²) in [5, 5.41) is 3.65. The highest BCUT2D eigenvalue weighted by Gasteiger charge is 2.38. The van der Waals surface area contributed by atoms with Crippen molar-refractivity contribution in [2.45, 2.75) is 51.7 Å². The monoisotopic (exact) mass is 294 g/mol. The average molecular weight is 294 g/mol. The number of hydrogen-bond donors (Lipinski definition) is 1. The van der Waals surface area contributed by atoms with E-state index in [0.29, 0.717) is 5.75 Å². The van der Waals surface area contributed by atoms with Crippen molar-refractivity contribution in [3.63, 3.8) is 0 Å². The van der Waals surface area contributed by atoms with Crippen LogP contribution in [0.15, 0.2) is 18.2 Å². The number of hydrogen-bond acceptors (Lipinski definition) is 3. The van der Waals surface area contributed by atoms with Gasteiger partial charge in [0, 0.05) is 30.7 Å². The molecule has 0 bridgehead atoms. The number of nitrogens with zero attached hydrogens (tertiary/aromatic N) is 1. The van der Waals surface area contributed by atoms with Crippen molar-refractivity contribution in [3.8, 4) is 5.75 Å². The summed E-state index contributed by atoms with van der Waals surface area (Å²) in [6.45, 7) is 11.6. The normalized spacial score (nSPS) is 25.8. The molecule has 1 aromatic carbocycles. The first kappa shape index (κ1) is 16.2. The summed E-state index contributed by atoms with van der Waals surface area (Å²) in [5.41, 5.74) is 1.17. The number of methoxy groups -OCH3 is 1. The van der Waals surface area contributed by atoms with E-state index in [-0.39, 0.29) is 16.9 Å². The van der Waals surface area contributed by atoms with Gasteiger partial charge in [0.15, 0.2) is 11.6 Å². The van der Waals surface area contributed by atoms with E-state index >= 15 is 0 Å². The lowest BCUT2D eigenvalue weighted by Gasteiger charge is -2.50. The third-order valence-electron chi connectivity index (χ3n) is 4.71. The van der Waals surface area contributed by atoms with Gasteiger partial charge in [-0.3, -0.25) is 4.90 Å². The van der Waals surface area contributed by atoms with Crippen LogP contribution in [0.3, 0.4) is 0 Å². The number of rotatable bonds is 4. The van der Waals surface area contributed by atoms with Crippen molar-refractivity contribution in [2.75, 3.05) is 20.2 Å². The molecule has 1 saturated heterocycles. The summed E-state index contributed by atoms with van der Waals surface area (Å²) in [7, 11) is 1.49. The van der Waals surface area contributed by atoms with E-state index in [0.717, 1.165) is 31.6 Å². The molecule has 1 heterocycles. The Labute approximate surface area is 127 Å². The summed E-state index contributed by atoms with van der Waals surface area (Å²) in [5.74, 6) is 0.0120. The Morgan fingerprint density at radius 2 is 2.05 bits per heavy atom. The van der Waals surface area contributed by atoms with E-state index < -0.39 is 0 Å². The van der Waals surface area contributed by atoms with Crippen LogP contribution in [0.25, 0.3) is 0 Å². The van der Waals surface area contributed by atoms with Gasteiger partial charge in [0.1, 0.15) is 0 Å². The van der Waals surface area contributed by atoms with Crippen LogP contribution in [0.2, 0.25) is 0 Å². The van der Waals surface area contributed by atoms with Gasteiger partial charge in [-0.25, -0.2) is 4.39 Å². The largest absolute Gasteiger partial charge is 0.494 e. The molecule has 1 aromatic rings. The molecule has 3 nitrogen and oxygen atoms in total. The zero-order valence-electron chi connectivity index (χ0n) is 13.8. The molecule has 2 rings (SSSR count). The van der Waals surface area contributed by atoms with Crippen LogP contribution in [-0.4, -0.2) is 36.2 Å². The molecular formula is C17H27FN2O. The molecule has 1 fully saturated rings. The standard InChI is InChI=1S/C17H27FN2O/c1-6-17(4)12-20(16(2,3)11-19-17)10-13-7-8-15(21-5)14(18)9-13/h7-9,19H,6,10-12H2,1-5H3. The lowest BCUT2D eigenvalue weighted by atomic mass is 9.88. The Bertz CT molecular complexity index is 504. The first-order chi connectivity index (χ1) is 9.79. The molecule has 1 atom stereocenters. The van der Waals surface area contributed by atoms with Crippen LogP contribution in [0.4, 0.5) is 4.39 Å². The summed E-state index contributed by atoms with van der Waals surface area (Å²) in [4.78, 5) is 2.44. The molecule has 0 aliphatic carbocycles. The highest BCUT2D eigenvalue weighted by molar-refractivity contribution is 5.29. The number of benzene rings is 1. The predicted octanol–water partition coefficient (Wildman–Crippen LogP) is 3.19. The van der Waals surface area contributed by atoms with Crippen LogP contribution in [0.1, 0.15) is 39.7 Å². The molecule has 0 radical (unpaired) electrons. The Morgan fingerprint density at radius 3 is 2.62 bits per heavy atom. The number of nitrogens with one attached hydrogen (secondary N) is 1.